The monoisotopic (exact) mass is 377 g/mol. The molecule has 0 aliphatic carbocycles. The lowest BCUT2D eigenvalue weighted by Crippen LogP contribution is -2.15. The van der Waals surface area contributed by atoms with Crippen molar-refractivity contribution in [3.63, 3.8) is 0 Å². The van der Waals surface area contributed by atoms with Crippen LogP contribution in [0.5, 0.6) is 0 Å². The average molecular weight is 379 g/mol. The molecule has 0 radical (unpaired) electrons. The molecule has 4 nitrogen and oxygen atoms in total. The number of carbonyl (C=O) groups excluding carboxylic acids is 1. The number of halogens is 2. The predicted molar refractivity (Wildman–Crippen MR) is 89.6 cm³/mol. The van der Waals surface area contributed by atoms with Crippen LogP contribution in [0.4, 0.5) is 5.69 Å². The summed E-state index contributed by atoms with van der Waals surface area (Å²) < 4.78 is 6.27. The van der Waals surface area contributed by atoms with Gasteiger partial charge in [-0.05, 0) is 30.3 Å². The van der Waals surface area contributed by atoms with Crippen LogP contribution in [0.1, 0.15) is 10.6 Å². The topological polar surface area (TPSA) is 59.3 Å². The van der Waals surface area contributed by atoms with E-state index < -0.39 is 5.91 Å². The van der Waals surface area contributed by atoms with Crippen molar-refractivity contribution in [3.05, 3.63) is 74.0 Å². The van der Waals surface area contributed by atoms with Crippen molar-refractivity contribution < 1.29 is 9.21 Å². The Hall–Kier alpha value is -2.11. The smallest absolute Gasteiger partial charge is 0.291 e. The van der Waals surface area contributed by atoms with E-state index in [1.54, 1.807) is 42.5 Å². The molecule has 0 spiro atoms. The zero-order valence-corrected chi connectivity index (χ0v) is 13.4. The second-order valence-electron chi connectivity index (χ2n) is 4.55. The van der Waals surface area contributed by atoms with Crippen molar-refractivity contribution in [2.75, 3.05) is 5.32 Å². The number of hydrogen-bond donors (Lipinski definition) is 1. The molecule has 0 saturated carbocycles. The van der Waals surface area contributed by atoms with Crippen molar-refractivity contribution in [2.24, 2.45) is 0 Å². The van der Waals surface area contributed by atoms with E-state index in [0.717, 1.165) is 4.47 Å². The zero-order chi connectivity index (χ0) is 15.7. The Morgan fingerprint density at radius 1 is 1.14 bits per heavy atom. The third-order valence-corrected chi connectivity index (χ3v) is 3.84. The second-order valence-corrected chi connectivity index (χ2v) is 5.87. The molecular formula is C16H9BrClNO3. The maximum absolute atomic E-state index is 12.2. The fourth-order valence-corrected chi connectivity index (χ4v) is 2.71. The highest BCUT2D eigenvalue weighted by molar-refractivity contribution is 9.10. The van der Waals surface area contributed by atoms with E-state index in [1.165, 1.54) is 6.07 Å². The van der Waals surface area contributed by atoms with E-state index in [9.17, 15) is 9.59 Å². The molecule has 0 unspecified atom stereocenters. The summed E-state index contributed by atoms with van der Waals surface area (Å²) in [6.07, 6.45) is 0. The summed E-state index contributed by atoms with van der Waals surface area (Å²) in [7, 11) is 0. The van der Waals surface area contributed by atoms with Crippen LogP contribution in [0.25, 0.3) is 11.0 Å². The highest BCUT2D eigenvalue weighted by atomic mass is 79.9. The number of carbonyl (C=O) groups is 1. The SMILES string of the molecule is O=C(Nc1ccc(Br)cc1Cl)c1cc(=O)c2ccccc2o1. The van der Waals surface area contributed by atoms with E-state index in [0.29, 0.717) is 21.7 Å². The van der Waals surface area contributed by atoms with Gasteiger partial charge >= 0.3 is 0 Å². The minimum absolute atomic E-state index is 0.0670. The van der Waals surface area contributed by atoms with E-state index in [4.69, 9.17) is 16.0 Å². The summed E-state index contributed by atoms with van der Waals surface area (Å²) in [5, 5.41) is 3.43. The summed E-state index contributed by atoms with van der Waals surface area (Å²) >= 11 is 9.34. The first kappa shape index (κ1) is 14.8. The molecular weight excluding hydrogens is 370 g/mol. The first-order valence-electron chi connectivity index (χ1n) is 6.34. The number of fused-ring (bicyclic) bond motifs is 1. The van der Waals surface area contributed by atoms with Gasteiger partial charge in [-0.3, -0.25) is 9.59 Å². The lowest BCUT2D eigenvalue weighted by Gasteiger charge is -2.07. The fraction of sp³-hybridized carbons (Fsp3) is 0. The number of benzene rings is 2. The summed E-state index contributed by atoms with van der Waals surface area (Å²) in [6, 6.07) is 13.0. The second kappa shape index (κ2) is 5.94. The molecule has 1 heterocycles. The molecule has 0 aliphatic rings. The Kier molecular flexibility index (Phi) is 4.00. The van der Waals surface area contributed by atoms with Gasteiger partial charge in [-0.2, -0.15) is 0 Å². The molecule has 0 aliphatic heterocycles. The first-order valence-corrected chi connectivity index (χ1v) is 7.51. The Morgan fingerprint density at radius 2 is 1.91 bits per heavy atom. The molecule has 0 atom stereocenters. The number of hydrogen-bond acceptors (Lipinski definition) is 3. The summed E-state index contributed by atoms with van der Waals surface area (Å²) in [6.45, 7) is 0. The minimum Gasteiger partial charge on any atom is -0.451 e. The van der Waals surface area contributed by atoms with Gasteiger partial charge in [0.15, 0.2) is 11.2 Å². The molecule has 1 aromatic heterocycles. The van der Waals surface area contributed by atoms with Crippen LogP contribution < -0.4 is 10.7 Å². The molecule has 1 amide bonds. The summed E-state index contributed by atoms with van der Waals surface area (Å²) in [5.41, 5.74) is 0.529. The molecule has 22 heavy (non-hydrogen) atoms. The first-order chi connectivity index (χ1) is 10.5. The fourth-order valence-electron chi connectivity index (χ4n) is 1.99. The van der Waals surface area contributed by atoms with Crippen LogP contribution in [0.3, 0.4) is 0 Å². The van der Waals surface area contributed by atoms with E-state index in [-0.39, 0.29) is 11.2 Å². The Balaban J connectivity index is 1.97. The van der Waals surface area contributed by atoms with Gasteiger partial charge in [0.05, 0.1) is 16.1 Å². The van der Waals surface area contributed by atoms with Gasteiger partial charge in [-0.15, -0.1) is 0 Å². The van der Waals surface area contributed by atoms with Crippen molar-refractivity contribution in [2.45, 2.75) is 0 Å². The maximum Gasteiger partial charge on any atom is 0.291 e. The van der Waals surface area contributed by atoms with Crippen LogP contribution in [0.15, 0.2) is 62.2 Å². The van der Waals surface area contributed by atoms with Crippen molar-refractivity contribution in [3.8, 4) is 0 Å². The predicted octanol–water partition coefficient (Wildman–Crippen LogP) is 4.46. The zero-order valence-electron chi connectivity index (χ0n) is 11.1. The van der Waals surface area contributed by atoms with Gasteiger partial charge in [0.25, 0.3) is 5.91 Å². The number of amides is 1. The lowest BCUT2D eigenvalue weighted by molar-refractivity contribution is 0.0997. The number of rotatable bonds is 2. The molecule has 110 valence electrons. The normalized spacial score (nSPS) is 10.6. The summed E-state index contributed by atoms with van der Waals surface area (Å²) in [4.78, 5) is 24.2. The molecule has 0 fully saturated rings. The van der Waals surface area contributed by atoms with Gasteiger partial charge < -0.3 is 9.73 Å². The molecule has 0 saturated heterocycles. The molecule has 6 heteroatoms. The van der Waals surface area contributed by atoms with Crippen molar-refractivity contribution >= 4 is 50.1 Å². The summed E-state index contributed by atoms with van der Waals surface area (Å²) in [5.74, 6) is -0.602. The molecule has 0 bridgehead atoms. The number of para-hydroxylation sites is 1. The Bertz CT molecular complexity index is 936. The standard InChI is InChI=1S/C16H9BrClNO3/c17-9-5-6-12(11(18)7-9)19-16(21)15-8-13(20)10-3-1-2-4-14(10)22-15/h1-8H,(H,19,21). The van der Waals surface area contributed by atoms with Crippen LogP contribution in [0.2, 0.25) is 5.02 Å². The highest BCUT2D eigenvalue weighted by Gasteiger charge is 2.13. The maximum atomic E-state index is 12.2. The third-order valence-electron chi connectivity index (χ3n) is 3.04. The van der Waals surface area contributed by atoms with Gasteiger partial charge in [0.1, 0.15) is 5.58 Å². The van der Waals surface area contributed by atoms with Crippen molar-refractivity contribution in [1.29, 1.82) is 0 Å². The highest BCUT2D eigenvalue weighted by Crippen LogP contribution is 2.26. The van der Waals surface area contributed by atoms with Crippen LogP contribution in [-0.2, 0) is 0 Å². The largest absolute Gasteiger partial charge is 0.451 e. The van der Waals surface area contributed by atoms with Crippen LogP contribution >= 0.6 is 27.5 Å². The van der Waals surface area contributed by atoms with E-state index in [2.05, 4.69) is 21.2 Å². The number of anilines is 1. The van der Waals surface area contributed by atoms with Gasteiger partial charge in [-0.25, -0.2) is 0 Å². The van der Waals surface area contributed by atoms with E-state index >= 15 is 0 Å². The number of nitrogens with one attached hydrogen (secondary N) is 1. The van der Waals surface area contributed by atoms with Gasteiger partial charge in [-0.1, -0.05) is 39.7 Å². The van der Waals surface area contributed by atoms with E-state index in [1.807, 2.05) is 0 Å². The van der Waals surface area contributed by atoms with Crippen molar-refractivity contribution in [1.82, 2.24) is 0 Å². The quantitative estimate of drug-likeness (QED) is 0.716. The Morgan fingerprint density at radius 3 is 2.68 bits per heavy atom. The van der Waals surface area contributed by atoms with Crippen LogP contribution in [-0.4, -0.2) is 5.91 Å². The molecule has 2 aromatic carbocycles. The lowest BCUT2D eigenvalue weighted by atomic mass is 10.2. The van der Waals surface area contributed by atoms with Gasteiger partial charge in [0, 0.05) is 10.5 Å². The van der Waals surface area contributed by atoms with Gasteiger partial charge in [0.2, 0.25) is 0 Å². The Labute approximate surface area is 138 Å². The third kappa shape index (κ3) is 2.91. The average Bonchev–Trinajstić information content (AvgIpc) is 2.50. The van der Waals surface area contributed by atoms with Crippen LogP contribution in [0, 0.1) is 0 Å². The molecule has 1 N–H and O–H groups in total. The minimum atomic E-state index is -0.535. The molecule has 3 rings (SSSR count). The molecule has 3 aromatic rings.